The van der Waals surface area contributed by atoms with E-state index >= 15 is 0 Å². The third-order valence-electron chi connectivity index (χ3n) is 4.19. The highest BCUT2D eigenvalue weighted by molar-refractivity contribution is 5.79. The van der Waals surface area contributed by atoms with Crippen molar-refractivity contribution in [3.8, 4) is 5.75 Å². The first kappa shape index (κ1) is 18.5. The average molecular weight is 334 g/mol. The standard InChI is InChI=1S/C18H30N4O2/c1-14-5-6-17(23-4)15(11-14)7-8-20-18(19-2)21-12-16-13-22(3)9-10-24-16/h5-6,11,16H,7-10,12-13H2,1-4H3,(H2,19,20,21). The summed E-state index contributed by atoms with van der Waals surface area (Å²) in [5.74, 6) is 1.74. The van der Waals surface area contributed by atoms with Crippen LogP contribution in [0.1, 0.15) is 11.1 Å². The molecule has 2 rings (SSSR count). The molecule has 0 bridgehead atoms. The van der Waals surface area contributed by atoms with Gasteiger partial charge >= 0.3 is 0 Å². The Labute approximate surface area is 145 Å². The number of likely N-dealkylation sites (N-methyl/N-ethyl adjacent to an activating group) is 1. The number of nitrogens with one attached hydrogen (secondary N) is 2. The van der Waals surface area contributed by atoms with E-state index in [0.29, 0.717) is 0 Å². The normalized spacial score (nSPS) is 19.2. The first-order valence-corrected chi connectivity index (χ1v) is 8.50. The van der Waals surface area contributed by atoms with Crippen LogP contribution in [-0.4, -0.2) is 71.0 Å². The molecule has 6 heteroatoms. The van der Waals surface area contributed by atoms with Crippen LogP contribution in [0.25, 0.3) is 0 Å². The fraction of sp³-hybridized carbons (Fsp3) is 0.611. The Morgan fingerprint density at radius 3 is 2.96 bits per heavy atom. The zero-order valence-electron chi connectivity index (χ0n) is 15.3. The fourth-order valence-corrected chi connectivity index (χ4v) is 2.84. The first-order valence-electron chi connectivity index (χ1n) is 8.50. The maximum Gasteiger partial charge on any atom is 0.191 e. The fourth-order valence-electron chi connectivity index (χ4n) is 2.84. The molecular formula is C18H30N4O2. The molecule has 24 heavy (non-hydrogen) atoms. The molecule has 1 aliphatic heterocycles. The molecule has 134 valence electrons. The third-order valence-corrected chi connectivity index (χ3v) is 4.19. The van der Waals surface area contributed by atoms with Crippen molar-refractivity contribution in [2.45, 2.75) is 19.4 Å². The summed E-state index contributed by atoms with van der Waals surface area (Å²) < 4.78 is 11.2. The maximum atomic E-state index is 5.76. The summed E-state index contributed by atoms with van der Waals surface area (Å²) in [4.78, 5) is 6.56. The third kappa shape index (κ3) is 5.69. The van der Waals surface area contributed by atoms with E-state index < -0.39 is 0 Å². The number of hydrogen-bond acceptors (Lipinski definition) is 4. The molecule has 1 aliphatic rings. The molecule has 0 spiro atoms. The van der Waals surface area contributed by atoms with Crippen molar-refractivity contribution < 1.29 is 9.47 Å². The number of benzene rings is 1. The van der Waals surface area contributed by atoms with Crippen molar-refractivity contribution in [1.29, 1.82) is 0 Å². The highest BCUT2D eigenvalue weighted by Gasteiger charge is 2.17. The van der Waals surface area contributed by atoms with E-state index in [0.717, 1.165) is 50.9 Å². The van der Waals surface area contributed by atoms with Crippen molar-refractivity contribution in [3.63, 3.8) is 0 Å². The smallest absolute Gasteiger partial charge is 0.191 e. The van der Waals surface area contributed by atoms with Crippen LogP contribution in [0.2, 0.25) is 0 Å². The molecule has 0 aromatic heterocycles. The number of rotatable bonds is 6. The van der Waals surface area contributed by atoms with Gasteiger partial charge in [-0.05, 0) is 32.0 Å². The molecule has 0 radical (unpaired) electrons. The minimum atomic E-state index is 0.208. The monoisotopic (exact) mass is 334 g/mol. The van der Waals surface area contributed by atoms with E-state index in [1.165, 1.54) is 11.1 Å². The Hall–Kier alpha value is -1.79. The topological polar surface area (TPSA) is 58.1 Å². The average Bonchev–Trinajstić information content (AvgIpc) is 2.58. The van der Waals surface area contributed by atoms with Gasteiger partial charge in [-0.2, -0.15) is 0 Å². The van der Waals surface area contributed by atoms with E-state index in [-0.39, 0.29) is 6.10 Å². The molecule has 1 saturated heterocycles. The van der Waals surface area contributed by atoms with Crippen molar-refractivity contribution in [2.24, 2.45) is 4.99 Å². The van der Waals surface area contributed by atoms with Gasteiger partial charge in [-0.1, -0.05) is 17.7 Å². The molecule has 1 atom stereocenters. The van der Waals surface area contributed by atoms with Crippen LogP contribution >= 0.6 is 0 Å². The SMILES string of the molecule is CN=C(NCCc1cc(C)ccc1OC)NCC1CN(C)CCO1. The highest BCUT2D eigenvalue weighted by atomic mass is 16.5. The van der Waals surface area contributed by atoms with E-state index in [1.807, 2.05) is 6.07 Å². The van der Waals surface area contributed by atoms with Gasteiger partial charge in [0.25, 0.3) is 0 Å². The second-order valence-corrected chi connectivity index (χ2v) is 6.20. The van der Waals surface area contributed by atoms with Crippen LogP contribution in [0.3, 0.4) is 0 Å². The van der Waals surface area contributed by atoms with Gasteiger partial charge in [0.15, 0.2) is 5.96 Å². The number of methoxy groups -OCH3 is 1. The Morgan fingerprint density at radius 2 is 2.25 bits per heavy atom. The summed E-state index contributed by atoms with van der Waals surface area (Å²) in [6, 6.07) is 6.26. The lowest BCUT2D eigenvalue weighted by atomic mass is 10.1. The number of morpholine rings is 1. The summed E-state index contributed by atoms with van der Waals surface area (Å²) >= 11 is 0. The van der Waals surface area contributed by atoms with Gasteiger partial charge in [-0.3, -0.25) is 4.99 Å². The Bertz CT molecular complexity index is 548. The second-order valence-electron chi connectivity index (χ2n) is 6.20. The molecule has 1 heterocycles. The molecule has 0 amide bonds. The second kappa shape index (κ2) is 9.49. The van der Waals surface area contributed by atoms with Crippen molar-refractivity contribution >= 4 is 5.96 Å². The van der Waals surface area contributed by atoms with E-state index in [4.69, 9.17) is 9.47 Å². The number of ether oxygens (including phenoxy) is 2. The Balaban J connectivity index is 1.76. The molecule has 6 nitrogen and oxygen atoms in total. The Kier molecular flexibility index (Phi) is 7.34. The van der Waals surface area contributed by atoms with Crippen molar-refractivity contribution in [1.82, 2.24) is 15.5 Å². The van der Waals surface area contributed by atoms with Gasteiger partial charge in [0.2, 0.25) is 0 Å². The Morgan fingerprint density at radius 1 is 1.42 bits per heavy atom. The van der Waals surface area contributed by atoms with Crippen LogP contribution in [0.15, 0.2) is 23.2 Å². The van der Waals surface area contributed by atoms with E-state index in [1.54, 1.807) is 14.2 Å². The minimum Gasteiger partial charge on any atom is -0.496 e. The zero-order valence-corrected chi connectivity index (χ0v) is 15.3. The van der Waals surface area contributed by atoms with Crippen molar-refractivity contribution in [2.75, 3.05) is 54.0 Å². The van der Waals surface area contributed by atoms with E-state index in [2.05, 4.69) is 46.6 Å². The van der Waals surface area contributed by atoms with Crippen LogP contribution in [0, 0.1) is 6.92 Å². The lowest BCUT2D eigenvalue weighted by molar-refractivity contribution is -0.0161. The molecule has 1 unspecified atom stereocenters. The summed E-state index contributed by atoms with van der Waals surface area (Å²) in [6.45, 7) is 6.40. The van der Waals surface area contributed by atoms with Crippen molar-refractivity contribution in [3.05, 3.63) is 29.3 Å². The lowest BCUT2D eigenvalue weighted by Crippen LogP contribution is -2.48. The van der Waals surface area contributed by atoms with Crippen LogP contribution in [0.5, 0.6) is 5.75 Å². The van der Waals surface area contributed by atoms with Gasteiger partial charge < -0.3 is 25.0 Å². The molecular weight excluding hydrogens is 304 g/mol. The predicted molar refractivity (Wildman–Crippen MR) is 98.0 cm³/mol. The zero-order chi connectivity index (χ0) is 17.4. The lowest BCUT2D eigenvalue weighted by Gasteiger charge is -2.30. The summed E-state index contributed by atoms with van der Waals surface area (Å²) in [5, 5.41) is 6.70. The van der Waals surface area contributed by atoms with E-state index in [9.17, 15) is 0 Å². The number of guanidine groups is 1. The molecule has 1 aromatic carbocycles. The molecule has 2 N–H and O–H groups in total. The quantitative estimate of drug-likeness (QED) is 0.601. The van der Waals surface area contributed by atoms with Crippen LogP contribution in [-0.2, 0) is 11.2 Å². The molecule has 0 aliphatic carbocycles. The predicted octanol–water partition coefficient (Wildman–Crippen LogP) is 1.04. The number of nitrogens with zero attached hydrogens (tertiary/aromatic N) is 2. The van der Waals surface area contributed by atoms with Gasteiger partial charge in [-0.25, -0.2) is 0 Å². The summed E-state index contributed by atoms with van der Waals surface area (Å²) in [6.07, 6.45) is 1.09. The molecule has 1 aromatic rings. The number of aryl methyl sites for hydroxylation is 1. The highest BCUT2D eigenvalue weighted by Crippen LogP contribution is 2.19. The molecule has 0 saturated carbocycles. The summed E-state index contributed by atoms with van der Waals surface area (Å²) in [7, 11) is 5.62. The van der Waals surface area contributed by atoms with Gasteiger partial charge in [0, 0.05) is 33.2 Å². The minimum absolute atomic E-state index is 0.208. The maximum absolute atomic E-state index is 5.76. The van der Waals surface area contributed by atoms with Crippen LogP contribution < -0.4 is 15.4 Å². The number of aliphatic imine (C=N–C) groups is 1. The van der Waals surface area contributed by atoms with Gasteiger partial charge in [-0.15, -0.1) is 0 Å². The van der Waals surface area contributed by atoms with Gasteiger partial charge in [0.05, 0.1) is 19.8 Å². The molecule has 1 fully saturated rings. The van der Waals surface area contributed by atoms with Crippen LogP contribution in [0.4, 0.5) is 0 Å². The first-order chi connectivity index (χ1) is 11.6. The number of hydrogen-bond donors (Lipinski definition) is 2. The summed E-state index contributed by atoms with van der Waals surface area (Å²) in [5.41, 5.74) is 2.45. The van der Waals surface area contributed by atoms with Gasteiger partial charge in [0.1, 0.15) is 5.75 Å². The largest absolute Gasteiger partial charge is 0.496 e.